The first kappa shape index (κ1) is 16.2. The average molecular weight is 261 g/mol. The Kier molecular flexibility index (Phi) is 7.15. The van der Waals surface area contributed by atoms with Crippen molar-refractivity contribution in [2.75, 3.05) is 6.54 Å². The Morgan fingerprint density at radius 1 is 0.895 bits per heavy atom. The number of benzene rings is 1. The lowest BCUT2D eigenvalue weighted by Crippen LogP contribution is -2.21. The highest BCUT2D eigenvalue weighted by molar-refractivity contribution is 5.25. The molecule has 0 aliphatic rings. The van der Waals surface area contributed by atoms with Crippen molar-refractivity contribution in [3.8, 4) is 0 Å². The van der Waals surface area contributed by atoms with Crippen molar-refractivity contribution in [3.05, 3.63) is 35.4 Å². The van der Waals surface area contributed by atoms with Crippen LogP contribution in [0.2, 0.25) is 0 Å². The van der Waals surface area contributed by atoms with Gasteiger partial charge in [0.2, 0.25) is 0 Å². The smallest absolute Gasteiger partial charge is 0.0320 e. The van der Waals surface area contributed by atoms with Crippen LogP contribution in [0.3, 0.4) is 0 Å². The first-order valence-electron chi connectivity index (χ1n) is 7.85. The fourth-order valence-corrected chi connectivity index (χ4v) is 2.49. The molecule has 0 amide bonds. The topological polar surface area (TPSA) is 12.0 Å². The van der Waals surface area contributed by atoms with E-state index >= 15 is 0 Å². The summed E-state index contributed by atoms with van der Waals surface area (Å²) in [5, 5.41) is 3.61. The second-order valence-corrected chi connectivity index (χ2v) is 6.42. The highest BCUT2D eigenvalue weighted by atomic mass is 14.9. The highest BCUT2D eigenvalue weighted by Gasteiger charge is 2.11. The summed E-state index contributed by atoms with van der Waals surface area (Å²) < 4.78 is 0. The van der Waals surface area contributed by atoms with Crippen molar-refractivity contribution in [2.24, 2.45) is 11.8 Å². The van der Waals surface area contributed by atoms with Gasteiger partial charge in [0.15, 0.2) is 0 Å². The highest BCUT2D eigenvalue weighted by Crippen LogP contribution is 2.22. The minimum Gasteiger partial charge on any atom is -0.310 e. The van der Waals surface area contributed by atoms with Crippen LogP contribution in [-0.4, -0.2) is 6.54 Å². The SMILES string of the molecule is CCNC(CCC(C)C)c1ccc(CC(C)C)cc1. The van der Waals surface area contributed by atoms with E-state index in [9.17, 15) is 0 Å². The van der Waals surface area contributed by atoms with Crippen LogP contribution in [0.4, 0.5) is 0 Å². The summed E-state index contributed by atoms with van der Waals surface area (Å²) >= 11 is 0. The third-order valence-corrected chi connectivity index (χ3v) is 3.51. The van der Waals surface area contributed by atoms with Crippen LogP contribution in [0.1, 0.15) is 64.6 Å². The van der Waals surface area contributed by atoms with Gasteiger partial charge < -0.3 is 5.32 Å². The van der Waals surface area contributed by atoms with Crippen molar-refractivity contribution >= 4 is 0 Å². The molecule has 19 heavy (non-hydrogen) atoms. The lowest BCUT2D eigenvalue weighted by Gasteiger charge is -2.20. The van der Waals surface area contributed by atoms with Crippen molar-refractivity contribution in [3.63, 3.8) is 0 Å². The molecule has 0 aromatic heterocycles. The summed E-state index contributed by atoms with van der Waals surface area (Å²) in [6.45, 7) is 12.4. The number of nitrogens with one attached hydrogen (secondary N) is 1. The molecule has 0 fully saturated rings. The molecule has 1 aromatic carbocycles. The molecule has 0 saturated heterocycles. The van der Waals surface area contributed by atoms with Gasteiger partial charge in [0.05, 0.1) is 0 Å². The second kappa shape index (κ2) is 8.37. The first-order chi connectivity index (χ1) is 9.02. The lowest BCUT2D eigenvalue weighted by atomic mass is 9.95. The van der Waals surface area contributed by atoms with Gasteiger partial charge in [-0.1, -0.05) is 58.9 Å². The maximum atomic E-state index is 3.61. The molecule has 1 atom stereocenters. The summed E-state index contributed by atoms with van der Waals surface area (Å²) in [6.07, 6.45) is 3.69. The zero-order valence-corrected chi connectivity index (χ0v) is 13.4. The summed E-state index contributed by atoms with van der Waals surface area (Å²) in [5.74, 6) is 1.51. The Morgan fingerprint density at radius 3 is 2.00 bits per heavy atom. The van der Waals surface area contributed by atoms with Crippen molar-refractivity contribution < 1.29 is 0 Å². The summed E-state index contributed by atoms with van der Waals surface area (Å²) in [6, 6.07) is 9.74. The Balaban J connectivity index is 2.67. The van der Waals surface area contributed by atoms with Crippen LogP contribution in [-0.2, 0) is 6.42 Å². The number of hydrogen-bond donors (Lipinski definition) is 1. The van der Waals surface area contributed by atoms with Gasteiger partial charge in [-0.3, -0.25) is 0 Å². The molecule has 1 aromatic rings. The summed E-state index contributed by atoms with van der Waals surface area (Å²) in [4.78, 5) is 0. The Morgan fingerprint density at radius 2 is 1.53 bits per heavy atom. The van der Waals surface area contributed by atoms with Crippen LogP contribution < -0.4 is 5.32 Å². The van der Waals surface area contributed by atoms with Gasteiger partial charge in [-0.05, 0) is 48.8 Å². The van der Waals surface area contributed by atoms with E-state index < -0.39 is 0 Å². The van der Waals surface area contributed by atoms with Gasteiger partial charge in [0.1, 0.15) is 0 Å². The van der Waals surface area contributed by atoms with E-state index in [1.165, 1.54) is 30.4 Å². The minimum atomic E-state index is 0.514. The maximum absolute atomic E-state index is 3.61. The lowest BCUT2D eigenvalue weighted by molar-refractivity contribution is 0.448. The van der Waals surface area contributed by atoms with E-state index in [0.29, 0.717) is 6.04 Å². The van der Waals surface area contributed by atoms with E-state index in [4.69, 9.17) is 0 Å². The molecule has 1 heteroatoms. The van der Waals surface area contributed by atoms with Crippen molar-refractivity contribution in [1.82, 2.24) is 5.32 Å². The van der Waals surface area contributed by atoms with Crippen LogP contribution in [0, 0.1) is 11.8 Å². The summed E-state index contributed by atoms with van der Waals surface area (Å²) in [5.41, 5.74) is 2.90. The fraction of sp³-hybridized carbons (Fsp3) is 0.667. The quantitative estimate of drug-likeness (QED) is 0.696. The zero-order valence-electron chi connectivity index (χ0n) is 13.4. The molecule has 0 radical (unpaired) electrons. The largest absolute Gasteiger partial charge is 0.310 e. The van der Waals surface area contributed by atoms with Gasteiger partial charge in [0.25, 0.3) is 0 Å². The standard InChI is InChI=1S/C18H31N/c1-6-19-18(12-7-14(2)3)17-10-8-16(9-11-17)13-15(4)5/h8-11,14-15,18-19H,6-7,12-13H2,1-5H3. The van der Waals surface area contributed by atoms with Crippen LogP contribution in [0.5, 0.6) is 0 Å². The molecule has 0 aliphatic heterocycles. The van der Waals surface area contributed by atoms with Gasteiger partial charge in [0, 0.05) is 6.04 Å². The molecule has 1 N–H and O–H groups in total. The number of hydrogen-bond acceptors (Lipinski definition) is 1. The molecule has 1 unspecified atom stereocenters. The van der Waals surface area contributed by atoms with Crippen LogP contribution >= 0.6 is 0 Å². The zero-order chi connectivity index (χ0) is 14.3. The first-order valence-corrected chi connectivity index (χ1v) is 7.85. The van der Waals surface area contributed by atoms with E-state index in [0.717, 1.165) is 18.4 Å². The molecule has 0 heterocycles. The third-order valence-electron chi connectivity index (χ3n) is 3.51. The number of rotatable bonds is 8. The van der Waals surface area contributed by atoms with E-state index in [1.54, 1.807) is 0 Å². The molecule has 1 rings (SSSR count). The monoisotopic (exact) mass is 261 g/mol. The van der Waals surface area contributed by atoms with Crippen LogP contribution in [0.15, 0.2) is 24.3 Å². The van der Waals surface area contributed by atoms with Gasteiger partial charge in [-0.25, -0.2) is 0 Å². The average Bonchev–Trinajstić information content (AvgIpc) is 2.34. The molecular weight excluding hydrogens is 230 g/mol. The second-order valence-electron chi connectivity index (χ2n) is 6.42. The van der Waals surface area contributed by atoms with Crippen LogP contribution in [0.25, 0.3) is 0 Å². The molecule has 0 saturated carbocycles. The Labute approximate surface area is 119 Å². The molecule has 108 valence electrons. The normalized spacial score (nSPS) is 13.2. The van der Waals surface area contributed by atoms with Crippen molar-refractivity contribution in [1.29, 1.82) is 0 Å². The maximum Gasteiger partial charge on any atom is 0.0320 e. The Hall–Kier alpha value is -0.820. The van der Waals surface area contributed by atoms with Crippen molar-refractivity contribution in [2.45, 2.75) is 59.9 Å². The molecule has 0 spiro atoms. The van der Waals surface area contributed by atoms with E-state index in [1.807, 2.05) is 0 Å². The van der Waals surface area contributed by atoms with E-state index in [-0.39, 0.29) is 0 Å². The van der Waals surface area contributed by atoms with Gasteiger partial charge in [-0.15, -0.1) is 0 Å². The third kappa shape index (κ3) is 6.24. The van der Waals surface area contributed by atoms with Gasteiger partial charge >= 0.3 is 0 Å². The molecular formula is C18H31N. The van der Waals surface area contributed by atoms with Gasteiger partial charge in [-0.2, -0.15) is 0 Å². The summed E-state index contributed by atoms with van der Waals surface area (Å²) in [7, 11) is 0. The predicted molar refractivity (Wildman–Crippen MR) is 85.5 cm³/mol. The predicted octanol–water partition coefficient (Wildman–Crippen LogP) is 4.97. The molecule has 1 nitrogen and oxygen atoms in total. The molecule has 0 aliphatic carbocycles. The Bertz CT molecular complexity index is 337. The van der Waals surface area contributed by atoms with E-state index in [2.05, 4.69) is 64.2 Å². The minimum absolute atomic E-state index is 0.514. The molecule has 0 bridgehead atoms. The fourth-order valence-electron chi connectivity index (χ4n) is 2.49.